The maximum Gasteiger partial charge on any atom is 0.400 e. The fourth-order valence-electron chi connectivity index (χ4n) is 2.71. The molecular formula is C11H17N6O6P. The second-order valence-corrected chi connectivity index (χ2v) is 7.19. The first-order valence-corrected chi connectivity index (χ1v) is 8.57. The number of nitrogens with two attached hydrogens (primary N) is 2. The van der Waals surface area contributed by atoms with Crippen LogP contribution in [-0.2, 0) is 13.8 Å². The van der Waals surface area contributed by atoms with E-state index >= 15 is 0 Å². The van der Waals surface area contributed by atoms with Gasteiger partial charge in [0.15, 0.2) is 17.4 Å². The molecule has 0 radical (unpaired) electrons. The van der Waals surface area contributed by atoms with Crippen molar-refractivity contribution in [3.63, 3.8) is 0 Å². The van der Waals surface area contributed by atoms with Crippen LogP contribution in [0.25, 0.3) is 11.2 Å². The first kappa shape index (κ1) is 17.0. The van der Waals surface area contributed by atoms with Gasteiger partial charge in [0, 0.05) is 6.42 Å². The number of fused-ring (bicyclic) bond motifs is 1. The molecule has 132 valence electrons. The number of nitrogens with zero attached hydrogens (tertiary/aromatic N) is 3. The summed E-state index contributed by atoms with van der Waals surface area (Å²) in [7, 11) is -4.15. The zero-order chi connectivity index (χ0) is 17.7. The van der Waals surface area contributed by atoms with Crippen LogP contribution in [-0.4, -0.2) is 47.8 Å². The summed E-state index contributed by atoms with van der Waals surface area (Å²) in [6.45, 7) is 1.24. The Hall–Kier alpha value is -1.82. The van der Waals surface area contributed by atoms with Crippen LogP contribution >= 0.6 is 7.75 Å². The lowest BCUT2D eigenvalue weighted by atomic mass is 10.0. The van der Waals surface area contributed by atoms with Crippen molar-refractivity contribution in [2.24, 2.45) is 5.50 Å². The van der Waals surface area contributed by atoms with E-state index in [-0.39, 0.29) is 30.1 Å². The van der Waals surface area contributed by atoms with Crippen LogP contribution in [0.5, 0.6) is 0 Å². The van der Waals surface area contributed by atoms with Crippen molar-refractivity contribution < 1.29 is 23.8 Å². The average Bonchev–Trinajstić information content (AvgIpc) is 2.96. The van der Waals surface area contributed by atoms with Gasteiger partial charge >= 0.3 is 7.75 Å². The highest BCUT2D eigenvalue weighted by Gasteiger charge is 2.46. The van der Waals surface area contributed by atoms with Gasteiger partial charge in [-0.25, -0.2) is 15.1 Å². The summed E-state index contributed by atoms with van der Waals surface area (Å²) in [6.07, 6.45) is -0.226. The fraction of sp³-hybridized carbons (Fsp3) is 0.545. The van der Waals surface area contributed by atoms with Gasteiger partial charge in [-0.2, -0.15) is 4.98 Å². The van der Waals surface area contributed by atoms with E-state index in [0.29, 0.717) is 0 Å². The lowest BCUT2D eigenvalue weighted by Crippen LogP contribution is -2.32. The van der Waals surface area contributed by atoms with Crippen molar-refractivity contribution in [1.29, 1.82) is 0 Å². The Morgan fingerprint density at radius 3 is 3.04 bits per heavy atom. The van der Waals surface area contributed by atoms with Crippen molar-refractivity contribution in [2.75, 3.05) is 12.3 Å². The van der Waals surface area contributed by atoms with E-state index in [4.69, 9.17) is 20.9 Å². The molecule has 1 saturated heterocycles. The van der Waals surface area contributed by atoms with E-state index in [1.54, 1.807) is 0 Å². The van der Waals surface area contributed by atoms with E-state index in [0.717, 1.165) is 0 Å². The van der Waals surface area contributed by atoms with Gasteiger partial charge in [0.25, 0.3) is 5.56 Å². The quantitative estimate of drug-likeness (QED) is 0.414. The van der Waals surface area contributed by atoms with Crippen LogP contribution in [0.2, 0.25) is 0 Å². The van der Waals surface area contributed by atoms with Gasteiger partial charge in [-0.15, -0.1) is 0 Å². The molecular weight excluding hydrogens is 343 g/mol. The van der Waals surface area contributed by atoms with Crippen LogP contribution < -0.4 is 16.8 Å². The highest BCUT2D eigenvalue weighted by molar-refractivity contribution is 7.50. The van der Waals surface area contributed by atoms with Crippen LogP contribution in [0.15, 0.2) is 11.1 Å². The van der Waals surface area contributed by atoms with Gasteiger partial charge in [0.2, 0.25) is 5.95 Å². The van der Waals surface area contributed by atoms with Crippen molar-refractivity contribution in [3.8, 4) is 0 Å². The second-order valence-electron chi connectivity index (χ2n) is 5.81. The Bertz CT molecular complexity index is 872. The Kier molecular flexibility index (Phi) is 3.98. The molecule has 3 heterocycles. The number of hydrogen-bond donors (Lipinski definition) is 5. The third kappa shape index (κ3) is 3.20. The average molecular weight is 360 g/mol. The smallest absolute Gasteiger partial charge is 0.385 e. The summed E-state index contributed by atoms with van der Waals surface area (Å²) in [5, 5.41) is 10.6. The van der Waals surface area contributed by atoms with E-state index in [1.807, 2.05) is 0 Å². The molecule has 0 saturated carbocycles. The van der Waals surface area contributed by atoms with Crippen molar-refractivity contribution in [2.45, 2.75) is 31.3 Å². The Morgan fingerprint density at radius 1 is 1.67 bits per heavy atom. The van der Waals surface area contributed by atoms with Gasteiger partial charge in [-0.05, 0) is 6.92 Å². The number of anilines is 1. The molecule has 24 heavy (non-hydrogen) atoms. The second kappa shape index (κ2) is 5.62. The van der Waals surface area contributed by atoms with E-state index in [2.05, 4.69) is 19.5 Å². The predicted molar refractivity (Wildman–Crippen MR) is 81.7 cm³/mol. The largest absolute Gasteiger partial charge is 0.400 e. The topological polar surface area (TPSA) is 192 Å². The van der Waals surface area contributed by atoms with Crippen LogP contribution in [0.4, 0.5) is 5.95 Å². The molecule has 2 aromatic heterocycles. The van der Waals surface area contributed by atoms with Gasteiger partial charge in [0.1, 0.15) is 5.60 Å². The van der Waals surface area contributed by atoms with E-state index in [1.165, 1.54) is 17.8 Å². The molecule has 4 atom stereocenters. The molecule has 0 aliphatic carbocycles. The molecule has 0 aromatic carbocycles. The number of nitrogen functional groups attached to an aromatic ring is 1. The molecule has 7 N–H and O–H groups in total. The standard InChI is InChI=1S/C11H17N6O6P/c1-11(19)2-5(3-22-24(13,20)21)23-9(11)17-4-14-6-7(17)15-10(12)16-8(6)18/h4-5,9,19H,2-3H2,1H3,(H3,13,20,21)(H3,12,15,16,18)/t5-,9+,11+/m0/s1. The first-order chi connectivity index (χ1) is 11.1. The van der Waals surface area contributed by atoms with Gasteiger partial charge in [0.05, 0.1) is 19.0 Å². The lowest BCUT2D eigenvalue weighted by molar-refractivity contribution is -0.0844. The van der Waals surface area contributed by atoms with Crippen LogP contribution in [0.3, 0.4) is 0 Å². The molecule has 1 aliphatic rings. The Labute approximate surface area is 135 Å². The molecule has 1 fully saturated rings. The minimum atomic E-state index is -4.15. The zero-order valence-electron chi connectivity index (χ0n) is 12.6. The summed E-state index contributed by atoms with van der Waals surface area (Å²) in [4.78, 5) is 31.1. The van der Waals surface area contributed by atoms with Gasteiger partial charge in [-0.1, -0.05) is 0 Å². The summed E-state index contributed by atoms with van der Waals surface area (Å²) in [5.74, 6) is -0.101. The number of nitrogens with one attached hydrogen (secondary N) is 1. The van der Waals surface area contributed by atoms with Crippen molar-refractivity contribution in [3.05, 3.63) is 16.7 Å². The summed E-state index contributed by atoms with van der Waals surface area (Å²) < 4.78 is 22.7. The number of H-pyrrole nitrogens is 1. The fourth-order valence-corrected chi connectivity index (χ4v) is 3.09. The molecule has 13 heteroatoms. The SMILES string of the molecule is C[C@@]1(O)C[C@@H](COP(N)(=O)O)O[C@H]1n1cnc2c(=O)[nH]c(N)nc21. The van der Waals surface area contributed by atoms with Crippen LogP contribution in [0.1, 0.15) is 19.6 Å². The third-order valence-electron chi connectivity index (χ3n) is 3.64. The monoisotopic (exact) mass is 360 g/mol. The maximum absolute atomic E-state index is 11.8. The molecule has 0 bridgehead atoms. The molecule has 2 aromatic rings. The number of aromatic amines is 1. The third-order valence-corrected chi connectivity index (χ3v) is 4.16. The van der Waals surface area contributed by atoms with Gasteiger partial charge in [-0.3, -0.25) is 18.9 Å². The normalized spacial score (nSPS) is 29.8. The maximum atomic E-state index is 11.8. The summed E-state index contributed by atoms with van der Waals surface area (Å²) in [5.41, 5.74) is 8.76. The Morgan fingerprint density at radius 2 is 2.38 bits per heavy atom. The number of rotatable bonds is 4. The molecule has 1 aliphatic heterocycles. The zero-order valence-corrected chi connectivity index (χ0v) is 13.5. The number of imidazole rings is 1. The number of hydrogen-bond acceptors (Lipinski definition) is 8. The molecule has 0 amide bonds. The minimum Gasteiger partial charge on any atom is -0.385 e. The molecule has 3 rings (SSSR count). The van der Waals surface area contributed by atoms with Crippen LogP contribution in [0, 0.1) is 0 Å². The highest BCUT2D eigenvalue weighted by atomic mass is 31.2. The van der Waals surface area contributed by atoms with E-state index in [9.17, 15) is 14.5 Å². The molecule has 12 nitrogen and oxygen atoms in total. The van der Waals surface area contributed by atoms with Gasteiger partial charge < -0.3 is 20.5 Å². The Balaban J connectivity index is 1.92. The van der Waals surface area contributed by atoms with Crippen molar-refractivity contribution in [1.82, 2.24) is 19.5 Å². The first-order valence-electron chi connectivity index (χ1n) is 6.93. The predicted octanol–water partition coefficient (Wildman–Crippen LogP) is -1.18. The number of aliphatic hydroxyl groups is 1. The number of ether oxygens (including phenoxy) is 1. The lowest BCUT2D eigenvalue weighted by Gasteiger charge is -2.24. The minimum absolute atomic E-state index is 0.0464. The van der Waals surface area contributed by atoms with Crippen molar-refractivity contribution >= 4 is 24.9 Å². The molecule has 1 unspecified atom stereocenters. The highest BCUT2D eigenvalue weighted by Crippen LogP contribution is 2.41. The molecule has 0 spiro atoms. The number of aromatic nitrogens is 4. The summed E-state index contributed by atoms with van der Waals surface area (Å²) >= 11 is 0. The van der Waals surface area contributed by atoms with E-state index < -0.39 is 31.2 Å². The summed E-state index contributed by atoms with van der Waals surface area (Å²) in [6, 6.07) is 0.